The van der Waals surface area contributed by atoms with E-state index < -0.39 is 0 Å². The van der Waals surface area contributed by atoms with E-state index in [1.807, 2.05) is 4.68 Å². The third kappa shape index (κ3) is 3.34. The smallest absolute Gasteiger partial charge is 0.145 e. The van der Waals surface area contributed by atoms with Gasteiger partial charge in [-0.25, -0.2) is 15.1 Å². The summed E-state index contributed by atoms with van der Waals surface area (Å²) in [5, 5.41) is 4.31. The summed E-state index contributed by atoms with van der Waals surface area (Å²) < 4.78 is 2.00. The third-order valence-corrected chi connectivity index (χ3v) is 4.48. The largest absolute Gasteiger partial charge is 0.271 e. The maximum atomic E-state index is 5.80. The zero-order valence-corrected chi connectivity index (χ0v) is 12.2. The van der Waals surface area contributed by atoms with Crippen LogP contribution in [0.25, 0.3) is 0 Å². The summed E-state index contributed by atoms with van der Waals surface area (Å²) >= 11 is 0. The lowest BCUT2D eigenvalue weighted by atomic mass is 9.77. The summed E-state index contributed by atoms with van der Waals surface area (Å²) in [7, 11) is 0. The maximum absolute atomic E-state index is 5.80. The molecule has 0 spiro atoms. The molecule has 0 amide bonds. The van der Waals surface area contributed by atoms with E-state index in [2.05, 4.69) is 29.4 Å². The minimum absolute atomic E-state index is 0.145. The van der Waals surface area contributed by atoms with Gasteiger partial charge in [-0.1, -0.05) is 33.1 Å². The highest BCUT2D eigenvalue weighted by Gasteiger charge is 2.30. The highest BCUT2D eigenvalue weighted by Crippen LogP contribution is 2.37. The lowest BCUT2D eigenvalue weighted by Gasteiger charge is -2.32. The van der Waals surface area contributed by atoms with Crippen LogP contribution in [0.4, 0.5) is 0 Å². The topological polar surface area (TPSA) is 68.8 Å². The summed E-state index contributed by atoms with van der Waals surface area (Å²) in [4.78, 5) is 4.43. The van der Waals surface area contributed by atoms with Crippen molar-refractivity contribution in [2.24, 2.45) is 17.7 Å². The molecule has 0 bridgehead atoms. The number of nitrogens with two attached hydrogens (primary N) is 1. The van der Waals surface area contributed by atoms with E-state index in [1.165, 1.54) is 32.1 Å². The number of rotatable bonds is 6. The third-order valence-electron chi connectivity index (χ3n) is 4.48. The molecular formula is C14H27N5. The van der Waals surface area contributed by atoms with Crippen molar-refractivity contribution >= 4 is 0 Å². The Morgan fingerprint density at radius 1 is 1.37 bits per heavy atom. The minimum atomic E-state index is 0.145. The molecule has 1 fully saturated rings. The molecule has 2 rings (SSSR count). The van der Waals surface area contributed by atoms with Gasteiger partial charge in [-0.2, -0.15) is 5.10 Å². The first-order chi connectivity index (χ1) is 9.30. The van der Waals surface area contributed by atoms with Gasteiger partial charge in [0.1, 0.15) is 12.2 Å². The van der Waals surface area contributed by atoms with Crippen LogP contribution in [-0.2, 0) is 6.54 Å². The molecule has 19 heavy (non-hydrogen) atoms. The SMILES string of the molecule is CCCn1ncnc1C(NN)C1CCC(CC)CC1. The molecule has 1 saturated carbocycles. The van der Waals surface area contributed by atoms with Gasteiger partial charge >= 0.3 is 0 Å². The Hall–Kier alpha value is -0.940. The Balaban J connectivity index is 2.05. The van der Waals surface area contributed by atoms with Gasteiger partial charge in [0.05, 0.1) is 6.04 Å². The van der Waals surface area contributed by atoms with Crippen LogP contribution >= 0.6 is 0 Å². The highest BCUT2D eigenvalue weighted by atomic mass is 15.4. The molecular weight excluding hydrogens is 238 g/mol. The van der Waals surface area contributed by atoms with Gasteiger partial charge in [-0.3, -0.25) is 5.84 Å². The van der Waals surface area contributed by atoms with Crippen molar-refractivity contribution in [3.8, 4) is 0 Å². The fourth-order valence-corrected chi connectivity index (χ4v) is 3.25. The molecule has 1 aromatic rings. The first-order valence-corrected chi connectivity index (χ1v) is 7.63. The molecule has 1 heterocycles. The summed E-state index contributed by atoms with van der Waals surface area (Å²) in [6.45, 7) is 5.36. The molecule has 1 unspecified atom stereocenters. The number of hydrazine groups is 1. The van der Waals surface area contributed by atoms with E-state index >= 15 is 0 Å². The van der Waals surface area contributed by atoms with Crippen molar-refractivity contribution in [1.29, 1.82) is 0 Å². The molecule has 0 saturated heterocycles. The Morgan fingerprint density at radius 2 is 2.11 bits per heavy atom. The van der Waals surface area contributed by atoms with Gasteiger partial charge in [0, 0.05) is 6.54 Å². The molecule has 0 aliphatic heterocycles. The van der Waals surface area contributed by atoms with E-state index in [0.717, 1.165) is 24.7 Å². The molecule has 1 atom stereocenters. The molecule has 1 aliphatic rings. The molecule has 1 aliphatic carbocycles. The van der Waals surface area contributed by atoms with Crippen molar-refractivity contribution in [3.63, 3.8) is 0 Å². The fourth-order valence-electron chi connectivity index (χ4n) is 3.25. The summed E-state index contributed by atoms with van der Waals surface area (Å²) in [6, 6.07) is 0.145. The van der Waals surface area contributed by atoms with Gasteiger partial charge in [0.15, 0.2) is 0 Å². The van der Waals surface area contributed by atoms with Crippen LogP contribution < -0.4 is 11.3 Å². The van der Waals surface area contributed by atoms with Gasteiger partial charge in [0.25, 0.3) is 0 Å². The molecule has 3 N–H and O–H groups in total. The first-order valence-electron chi connectivity index (χ1n) is 7.63. The Kier molecular flexibility index (Phi) is 5.34. The zero-order valence-electron chi connectivity index (χ0n) is 12.2. The standard InChI is InChI=1S/C14H27N5/c1-3-9-19-14(16-10-17-19)13(18-15)12-7-5-11(4-2)6-8-12/h10-13,18H,3-9,15H2,1-2H3. The van der Waals surface area contributed by atoms with Crippen molar-refractivity contribution in [2.45, 2.75) is 65.0 Å². The fraction of sp³-hybridized carbons (Fsp3) is 0.857. The second-order valence-electron chi connectivity index (χ2n) is 5.67. The van der Waals surface area contributed by atoms with E-state index in [0.29, 0.717) is 5.92 Å². The van der Waals surface area contributed by atoms with E-state index in [4.69, 9.17) is 5.84 Å². The number of hydrogen-bond acceptors (Lipinski definition) is 4. The van der Waals surface area contributed by atoms with E-state index in [1.54, 1.807) is 6.33 Å². The number of nitrogens with zero attached hydrogens (tertiary/aromatic N) is 3. The predicted octanol–water partition coefficient (Wildman–Crippen LogP) is 2.41. The number of aromatic nitrogens is 3. The van der Waals surface area contributed by atoms with Crippen molar-refractivity contribution in [2.75, 3.05) is 0 Å². The molecule has 108 valence electrons. The van der Waals surface area contributed by atoms with Crippen molar-refractivity contribution in [3.05, 3.63) is 12.2 Å². The van der Waals surface area contributed by atoms with Gasteiger partial charge in [0.2, 0.25) is 0 Å². The van der Waals surface area contributed by atoms with Crippen LogP contribution in [0.2, 0.25) is 0 Å². The van der Waals surface area contributed by atoms with Crippen LogP contribution in [0.3, 0.4) is 0 Å². The maximum Gasteiger partial charge on any atom is 0.145 e. The van der Waals surface area contributed by atoms with Crippen LogP contribution in [-0.4, -0.2) is 14.8 Å². The lowest BCUT2D eigenvalue weighted by molar-refractivity contribution is 0.210. The number of hydrogen-bond donors (Lipinski definition) is 2. The second kappa shape index (κ2) is 7.01. The molecule has 0 radical (unpaired) electrons. The average Bonchev–Trinajstić information content (AvgIpc) is 2.89. The van der Waals surface area contributed by atoms with Crippen LogP contribution in [0, 0.1) is 11.8 Å². The number of nitrogens with one attached hydrogen (secondary N) is 1. The monoisotopic (exact) mass is 265 g/mol. The van der Waals surface area contributed by atoms with Gasteiger partial charge in [-0.05, 0) is 31.1 Å². The summed E-state index contributed by atoms with van der Waals surface area (Å²) in [5.41, 5.74) is 2.98. The molecule has 1 aromatic heterocycles. The minimum Gasteiger partial charge on any atom is -0.271 e. The first kappa shape index (κ1) is 14.5. The normalized spacial score (nSPS) is 25.4. The molecule has 5 nitrogen and oxygen atoms in total. The van der Waals surface area contributed by atoms with Crippen molar-refractivity contribution < 1.29 is 0 Å². The molecule has 5 heteroatoms. The van der Waals surface area contributed by atoms with Crippen LogP contribution in [0.1, 0.15) is 64.2 Å². The van der Waals surface area contributed by atoms with Crippen LogP contribution in [0.15, 0.2) is 6.33 Å². The average molecular weight is 265 g/mol. The highest BCUT2D eigenvalue weighted by molar-refractivity contribution is 4.98. The van der Waals surface area contributed by atoms with E-state index in [9.17, 15) is 0 Å². The Bertz CT molecular complexity index is 368. The number of aryl methyl sites for hydroxylation is 1. The summed E-state index contributed by atoms with van der Waals surface area (Å²) in [6.07, 6.45) is 9.14. The zero-order chi connectivity index (χ0) is 13.7. The Morgan fingerprint density at radius 3 is 2.68 bits per heavy atom. The van der Waals surface area contributed by atoms with E-state index in [-0.39, 0.29) is 6.04 Å². The van der Waals surface area contributed by atoms with Crippen LogP contribution in [0.5, 0.6) is 0 Å². The lowest BCUT2D eigenvalue weighted by Crippen LogP contribution is -2.37. The quantitative estimate of drug-likeness (QED) is 0.612. The van der Waals surface area contributed by atoms with Gasteiger partial charge < -0.3 is 0 Å². The second-order valence-corrected chi connectivity index (χ2v) is 5.67. The van der Waals surface area contributed by atoms with Crippen molar-refractivity contribution in [1.82, 2.24) is 20.2 Å². The van der Waals surface area contributed by atoms with Gasteiger partial charge in [-0.15, -0.1) is 0 Å². The Labute approximate surface area is 115 Å². The molecule has 0 aromatic carbocycles. The summed E-state index contributed by atoms with van der Waals surface area (Å²) in [5.74, 6) is 8.30. The predicted molar refractivity (Wildman–Crippen MR) is 76.1 cm³/mol.